The number of pyridine rings is 1. The number of amides is 1. The third-order valence-electron chi connectivity index (χ3n) is 10.1. The van der Waals surface area contributed by atoms with E-state index < -0.39 is 5.97 Å². The number of fused-ring (bicyclic) bond motifs is 2. The van der Waals surface area contributed by atoms with Crippen molar-refractivity contribution in [3.63, 3.8) is 0 Å². The summed E-state index contributed by atoms with van der Waals surface area (Å²) < 4.78 is 8.47. The van der Waals surface area contributed by atoms with Crippen LogP contribution in [0.5, 0.6) is 0 Å². The summed E-state index contributed by atoms with van der Waals surface area (Å²) in [6, 6.07) is 31.0. The molecule has 0 unspecified atom stereocenters. The summed E-state index contributed by atoms with van der Waals surface area (Å²) in [7, 11) is 0. The van der Waals surface area contributed by atoms with E-state index in [2.05, 4.69) is 60.4 Å². The molecule has 8 rings (SSSR count). The number of benzene rings is 3. The van der Waals surface area contributed by atoms with Crippen LogP contribution in [0.4, 0.5) is 0 Å². The van der Waals surface area contributed by atoms with Gasteiger partial charge in [0.05, 0.1) is 40.3 Å². The molecule has 0 bridgehead atoms. The topological polar surface area (TPSA) is 87.9 Å². The molecule has 2 aliphatic rings. The minimum Gasteiger partial charge on any atom is -0.477 e. The van der Waals surface area contributed by atoms with Crippen LogP contribution in [0.15, 0.2) is 91.0 Å². The normalized spacial score (nSPS) is 16.1. The fraction of sp³-hybridized carbons (Fsp3) is 0.275. The van der Waals surface area contributed by atoms with E-state index in [4.69, 9.17) is 9.72 Å². The number of likely N-dealkylation sites (tertiary alicyclic amines) is 1. The van der Waals surface area contributed by atoms with Crippen LogP contribution < -0.4 is 0 Å². The number of aromatic carboxylic acids is 1. The molecule has 2 saturated heterocycles. The van der Waals surface area contributed by atoms with E-state index in [9.17, 15) is 14.7 Å². The second-order valence-corrected chi connectivity index (χ2v) is 14.0. The number of morpholine rings is 1. The molecule has 0 spiro atoms. The van der Waals surface area contributed by atoms with Gasteiger partial charge < -0.3 is 19.3 Å². The maximum absolute atomic E-state index is 14.1. The molecule has 6 aromatic rings. The molecule has 2 fully saturated rings. The Bertz CT molecular complexity index is 2180. The van der Waals surface area contributed by atoms with Crippen molar-refractivity contribution in [3.8, 4) is 33.6 Å². The number of piperidine rings is 1. The van der Waals surface area contributed by atoms with Crippen molar-refractivity contribution in [1.82, 2.24) is 19.4 Å². The van der Waals surface area contributed by atoms with Crippen molar-refractivity contribution < 1.29 is 19.4 Å². The number of carbonyl (C=O) groups is 2. The van der Waals surface area contributed by atoms with Crippen LogP contribution in [0.1, 0.15) is 28.1 Å². The van der Waals surface area contributed by atoms with Crippen LogP contribution >= 0.6 is 11.3 Å². The number of aryl methyl sites for hydroxylation is 1. The lowest BCUT2D eigenvalue weighted by molar-refractivity contribution is -0.133. The summed E-state index contributed by atoms with van der Waals surface area (Å²) in [4.78, 5) is 36.1. The molecule has 1 N–H and O–H groups in total. The Morgan fingerprint density at radius 1 is 0.878 bits per heavy atom. The molecule has 0 atom stereocenters. The molecule has 5 heterocycles. The molecule has 3 aromatic carbocycles. The molecular formula is C40H38N4O4S. The Balaban J connectivity index is 1.20. The Morgan fingerprint density at radius 3 is 2.39 bits per heavy atom. The molecule has 248 valence electrons. The number of aromatic nitrogens is 2. The van der Waals surface area contributed by atoms with Gasteiger partial charge in [0.1, 0.15) is 11.4 Å². The lowest BCUT2D eigenvalue weighted by atomic mass is 9.99. The molecule has 0 saturated carbocycles. The number of ether oxygens (including phenoxy) is 1. The van der Waals surface area contributed by atoms with E-state index in [1.807, 2.05) is 45.9 Å². The Kier molecular flexibility index (Phi) is 8.49. The highest BCUT2D eigenvalue weighted by Gasteiger charge is 2.30. The predicted octanol–water partition coefficient (Wildman–Crippen LogP) is 7.58. The van der Waals surface area contributed by atoms with Crippen molar-refractivity contribution in [2.24, 2.45) is 0 Å². The lowest BCUT2D eigenvalue weighted by Crippen LogP contribution is -2.50. The van der Waals surface area contributed by atoms with Crippen molar-refractivity contribution in [2.45, 2.75) is 32.4 Å². The van der Waals surface area contributed by atoms with Crippen LogP contribution in [0.3, 0.4) is 0 Å². The zero-order valence-corrected chi connectivity index (χ0v) is 28.3. The minimum atomic E-state index is -0.967. The molecule has 3 aromatic heterocycles. The first kappa shape index (κ1) is 31.4. The van der Waals surface area contributed by atoms with Crippen LogP contribution in [-0.2, 0) is 16.1 Å². The third kappa shape index (κ3) is 6.03. The predicted molar refractivity (Wildman–Crippen MR) is 195 cm³/mol. The summed E-state index contributed by atoms with van der Waals surface area (Å²) in [5, 5.41) is 11.0. The van der Waals surface area contributed by atoms with Gasteiger partial charge in [-0.1, -0.05) is 66.7 Å². The fourth-order valence-electron chi connectivity index (χ4n) is 7.51. The molecule has 49 heavy (non-hydrogen) atoms. The van der Waals surface area contributed by atoms with Crippen LogP contribution in [0.2, 0.25) is 0 Å². The zero-order valence-electron chi connectivity index (χ0n) is 27.5. The van der Waals surface area contributed by atoms with Crippen molar-refractivity contribution in [3.05, 3.63) is 101 Å². The number of hydrogen-bond acceptors (Lipinski definition) is 6. The highest BCUT2D eigenvalue weighted by Crippen LogP contribution is 2.45. The number of rotatable bonds is 7. The van der Waals surface area contributed by atoms with Gasteiger partial charge in [0.2, 0.25) is 5.91 Å². The van der Waals surface area contributed by atoms with Gasteiger partial charge in [0.15, 0.2) is 0 Å². The molecule has 9 heteroatoms. The highest BCUT2D eigenvalue weighted by molar-refractivity contribution is 7.21. The molecule has 2 aliphatic heterocycles. The Labute approximate surface area is 289 Å². The van der Waals surface area contributed by atoms with Crippen molar-refractivity contribution >= 4 is 44.3 Å². The van der Waals surface area contributed by atoms with E-state index in [1.165, 1.54) is 16.9 Å². The van der Waals surface area contributed by atoms with Gasteiger partial charge in [-0.25, -0.2) is 9.78 Å². The van der Waals surface area contributed by atoms with E-state index in [1.54, 1.807) is 6.07 Å². The summed E-state index contributed by atoms with van der Waals surface area (Å²) in [6.07, 6.45) is 1.89. The largest absolute Gasteiger partial charge is 0.477 e. The first-order chi connectivity index (χ1) is 23.9. The van der Waals surface area contributed by atoms with Gasteiger partial charge in [-0.3, -0.25) is 9.69 Å². The average Bonchev–Trinajstić information content (AvgIpc) is 3.70. The van der Waals surface area contributed by atoms with Crippen LogP contribution in [-0.4, -0.2) is 81.8 Å². The summed E-state index contributed by atoms with van der Waals surface area (Å²) in [6.45, 7) is 7.08. The van der Waals surface area contributed by atoms with Crippen molar-refractivity contribution in [1.29, 1.82) is 0 Å². The van der Waals surface area contributed by atoms with E-state index in [0.29, 0.717) is 19.1 Å². The summed E-state index contributed by atoms with van der Waals surface area (Å²) in [5.41, 5.74) is 8.64. The van der Waals surface area contributed by atoms with Gasteiger partial charge in [-0.05, 0) is 60.7 Å². The van der Waals surface area contributed by atoms with E-state index in [0.717, 1.165) is 93.9 Å². The van der Waals surface area contributed by atoms with Gasteiger partial charge in [0, 0.05) is 48.7 Å². The number of carbonyl (C=O) groups excluding carboxylic acids is 1. The van der Waals surface area contributed by atoms with Gasteiger partial charge in [-0.2, -0.15) is 0 Å². The highest BCUT2D eigenvalue weighted by atomic mass is 32.1. The smallest absolute Gasteiger partial charge is 0.345 e. The fourth-order valence-corrected chi connectivity index (χ4v) is 8.58. The summed E-state index contributed by atoms with van der Waals surface area (Å²) in [5.74, 6) is -0.919. The number of carboxylic acids is 1. The second kappa shape index (κ2) is 13.2. The monoisotopic (exact) mass is 670 g/mol. The SMILES string of the molecule is Cc1ccccc1-c1ccc2cc(-c3c(-c4ccccc4)c4sc(C(=O)O)cc4n3CC(=O)N3CCC(N4CCOCC4)CC3)ccc2n1. The van der Waals surface area contributed by atoms with E-state index >= 15 is 0 Å². The zero-order chi connectivity index (χ0) is 33.5. The molecule has 0 aliphatic carbocycles. The standard InChI is InChI=1S/C40H38N4O4S/c1-26-7-5-6-10-31(26)33-14-11-28-23-29(12-13-32(28)41-33)38-37(27-8-3-2-4-9-27)39-34(24-35(49-39)40(46)47)44(38)25-36(45)43-17-15-30(16-18-43)42-19-21-48-22-20-42/h2-14,23-24,30H,15-22,25H2,1H3,(H,46,47). The maximum Gasteiger partial charge on any atom is 0.345 e. The lowest BCUT2D eigenvalue weighted by Gasteiger charge is -2.40. The molecule has 0 radical (unpaired) electrons. The molecular weight excluding hydrogens is 633 g/mol. The maximum atomic E-state index is 14.1. The second-order valence-electron chi connectivity index (χ2n) is 13.0. The number of hydrogen-bond donors (Lipinski definition) is 1. The van der Waals surface area contributed by atoms with Crippen molar-refractivity contribution in [2.75, 3.05) is 39.4 Å². The van der Waals surface area contributed by atoms with Gasteiger partial charge in [-0.15, -0.1) is 11.3 Å². The van der Waals surface area contributed by atoms with E-state index in [-0.39, 0.29) is 17.3 Å². The number of thiophene rings is 1. The Hall–Kier alpha value is -4.83. The van der Waals surface area contributed by atoms with Gasteiger partial charge >= 0.3 is 5.97 Å². The minimum absolute atomic E-state index is 0.0478. The third-order valence-corrected chi connectivity index (χ3v) is 11.2. The molecule has 8 nitrogen and oxygen atoms in total. The number of nitrogens with zero attached hydrogens (tertiary/aromatic N) is 4. The number of carboxylic acid groups (broad SMARTS) is 1. The quantitative estimate of drug-likeness (QED) is 0.189. The Morgan fingerprint density at radius 2 is 1.63 bits per heavy atom. The molecule has 1 amide bonds. The van der Waals surface area contributed by atoms with Crippen LogP contribution in [0.25, 0.3) is 54.8 Å². The average molecular weight is 671 g/mol. The summed E-state index contributed by atoms with van der Waals surface area (Å²) >= 11 is 1.27. The van der Waals surface area contributed by atoms with Crippen LogP contribution in [0, 0.1) is 6.92 Å². The first-order valence-electron chi connectivity index (χ1n) is 17.0. The van der Waals surface area contributed by atoms with Gasteiger partial charge in [0.25, 0.3) is 0 Å². The first-order valence-corrected chi connectivity index (χ1v) is 17.8.